The van der Waals surface area contributed by atoms with E-state index in [1.165, 1.54) is 0 Å². The van der Waals surface area contributed by atoms with Crippen molar-refractivity contribution in [2.45, 2.75) is 12.8 Å². The van der Waals surface area contributed by atoms with Gasteiger partial charge in [0.25, 0.3) is 0 Å². The molecule has 0 saturated carbocycles. The van der Waals surface area contributed by atoms with Gasteiger partial charge in [-0.15, -0.1) is 0 Å². The van der Waals surface area contributed by atoms with Crippen LogP contribution < -0.4 is 20.8 Å². The maximum atomic E-state index is 13.3. The minimum Gasteiger partial charge on any atom is -0.439 e. The van der Waals surface area contributed by atoms with E-state index in [-0.39, 0.29) is 28.6 Å². The lowest BCUT2D eigenvalue weighted by Crippen LogP contribution is -2.26. The van der Waals surface area contributed by atoms with Crippen molar-refractivity contribution in [3.05, 3.63) is 117 Å². The maximum absolute atomic E-state index is 13.3. The molecule has 0 fully saturated rings. The minimum atomic E-state index is -0.907. The van der Waals surface area contributed by atoms with Crippen molar-refractivity contribution in [3.8, 4) is 23.4 Å². The Kier molecular flexibility index (Phi) is 4.94. The first-order valence-electron chi connectivity index (χ1n) is 11.3. The Hall–Kier alpha value is -5.09. The number of aromatic nitrogens is 1. The molecule has 0 aliphatic carbocycles. The van der Waals surface area contributed by atoms with E-state index in [0.29, 0.717) is 27.8 Å². The summed E-state index contributed by atoms with van der Waals surface area (Å²) in [6.45, 7) is 1.98. The highest BCUT2D eigenvalue weighted by Crippen LogP contribution is 2.46. The van der Waals surface area contributed by atoms with Crippen molar-refractivity contribution in [2.24, 2.45) is 5.73 Å². The van der Waals surface area contributed by atoms with Crippen molar-refractivity contribution in [2.75, 3.05) is 0 Å². The highest BCUT2D eigenvalue weighted by molar-refractivity contribution is 5.87. The number of aryl methyl sites for hydroxylation is 1. The van der Waals surface area contributed by atoms with Crippen molar-refractivity contribution in [1.82, 2.24) is 4.98 Å². The number of fused-ring (bicyclic) bond motifs is 4. The van der Waals surface area contributed by atoms with E-state index in [9.17, 15) is 10.1 Å². The lowest BCUT2D eigenvalue weighted by Gasteiger charge is -2.27. The highest BCUT2D eigenvalue weighted by atomic mass is 16.5. The maximum Gasteiger partial charge on any atom is 0.344 e. The molecule has 6 rings (SSSR count). The van der Waals surface area contributed by atoms with Gasteiger partial charge in [-0.05, 0) is 49.4 Å². The summed E-state index contributed by atoms with van der Waals surface area (Å²) >= 11 is 0. The number of pyridine rings is 1. The van der Waals surface area contributed by atoms with Gasteiger partial charge in [0.15, 0.2) is 5.75 Å². The number of para-hydroxylation sites is 2. The van der Waals surface area contributed by atoms with Gasteiger partial charge in [-0.25, -0.2) is 9.78 Å². The molecule has 1 aliphatic heterocycles. The zero-order valence-electron chi connectivity index (χ0n) is 19.2. The number of allylic oxidation sites excluding steroid dienone is 1. The summed E-state index contributed by atoms with van der Waals surface area (Å²) in [5.41, 5.74) is 8.50. The number of rotatable bonds is 3. The molecular weight excluding hydrogens is 454 g/mol. The lowest BCUT2D eigenvalue weighted by molar-refractivity contribution is 0.385. The minimum absolute atomic E-state index is 0.0804. The molecule has 7 nitrogen and oxygen atoms in total. The molecule has 0 saturated heterocycles. The molecule has 7 heteroatoms. The van der Waals surface area contributed by atoms with Gasteiger partial charge in [0.05, 0.1) is 22.4 Å². The number of hydrogen-bond donors (Lipinski definition) is 1. The molecule has 0 bridgehead atoms. The predicted molar refractivity (Wildman–Crippen MR) is 135 cm³/mol. The van der Waals surface area contributed by atoms with Crippen LogP contribution >= 0.6 is 0 Å². The van der Waals surface area contributed by atoms with Gasteiger partial charge >= 0.3 is 5.63 Å². The quantitative estimate of drug-likeness (QED) is 0.337. The van der Waals surface area contributed by atoms with Crippen LogP contribution in [0.4, 0.5) is 0 Å². The molecule has 0 amide bonds. The Morgan fingerprint density at radius 1 is 1.03 bits per heavy atom. The van der Waals surface area contributed by atoms with E-state index < -0.39 is 11.5 Å². The van der Waals surface area contributed by atoms with Crippen molar-refractivity contribution in [1.29, 1.82) is 5.26 Å². The summed E-state index contributed by atoms with van der Waals surface area (Å²) in [5, 5.41) is 11.5. The second-order valence-corrected chi connectivity index (χ2v) is 8.55. The lowest BCUT2D eigenvalue weighted by atomic mass is 9.83. The normalized spacial score (nSPS) is 14.8. The monoisotopic (exact) mass is 473 g/mol. The zero-order chi connectivity index (χ0) is 24.8. The summed E-state index contributed by atoms with van der Waals surface area (Å²) in [4.78, 5) is 18.1. The van der Waals surface area contributed by atoms with Crippen LogP contribution in [0.2, 0.25) is 0 Å². The molecule has 2 N–H and O–H groups in total. The summed E-state index contributed by atoms with van der Waals surface area (Å²) < 4.78 is 17.7. The van der Waals surface area contributed by atoms with Gasteiger partial charge in [0.1, 0.15) is 23.0 Å². The average Bonchev–Trinajstić information content (AvgIpc) is 2.88. The fraction of sp³-hybridized carbons (Fsp3) is 0.0690. The molecule has 5 aromatic rings. The summed E-state index contributed by atoms with van der Waals surface area (Å²) in [6, 6.07) is 26.1. The van der Waals surface area contributed by atoms with Gasteiger partial charge in [-0.3, -0.25) is 0 Å². The third-order valence-corrected chi connectivity index (χ3v) is 6.21. The first-order chi connectivity index (χ1) is 17.5. The number of ether oxygens (including phenoxy) is 2. The molecule has 3 heterocycles. The van der Waals surface area contributed by atoms with Crippen LogP contribution in [-0.4, -0.2) is 4.98 Å². The molecule has 0 radical (unpaired) electrons. The van der Waals surface area contributed by atoms with E-state index in [1.54, 1.807) is 30.3 Å². The van der Waals surface area contributed by atoms with Crippen LogP contribution in [0, 0.1) is 18.3 Å². The first-order valence-corrected chi connectivity index (χ1v) is 11.3. The van der Waals surface area contributed by atoms with Crippen LogP contribution in [0.5, 0.6) is 17.4 Å². The molecule has 1 aliphatic rings. The van der Waals surface area contributed by atoms with Gasteiger partial charge in [0, 0.05) is 10.9 Å². The third kappa shape index (κ3) is 3.44. The number of nitriles is 1. The largest absolute Gasteiger partial charge is 0.439 e. The smallest absolute Gasteiger partial charge is 0.344 e. The molecule has 174 valence electrons. The summed E-state index contributed by atoms with van der Waals surface area (Å²) in [5.74, 6) is 0.0874. The number of benzene rings is 3. The molecule has 36 heavy (non-hydrogen) atoms. The van der Waals surface area contributed by atoms with E-state index in [4.69, 9.17) is 24.6 Å². The van der Waals surface area contributed by atoms with Crippen LogP contribution in [0.1, 0.15) is 22.6 Å². The Labute approximate surface area is 205 Å². The fourth-order valence-corrected chi connectivity index (χ4v) is 4.56. The fourth-order valence-electron chi connectivity index (χ4n) is 4.56. The SMILES string of the molecule is Cc1ccc2nc(Oc3ccccc3)c(C3C(C#N)=C(N)Oc4c3c(=O)oc3ccccc43)cc2c1. The van der Waals surface area contributed by atoms with Crippen LogP contribution in [0.15, 0.2) is 99.5 Å². The second-order valence-electron chi connectivity index (χ2n) is 8.55. The van der Waals surface area contributed by atoms with Gasteiger partial charge in [0.2, 0.25) is 11.8 Å². The van der Waals surface area contributed by atoms with Crippen LogP contribution in [0.3, 0.4) is 0 Å². The van der Waals surface area contributed by atoms with E-state index in [0.717, 1.165) is 10.9 Å². The average molecular weight is 473 g/mol. The molecule has 3 aromatic carbocycles. The topological polar surface area (TPSA) is 111 Å². The van der Waals surface area contributed by atoms with Crippen molar-refractivity contribution < 1.29 is 13.9 Å². The Morgan fingerprint density at radius 2 is 1.81 bits per heavy atom. The Bertz CT molecular complexity index is 1800. The molecule has 1 unspecified atom stereocenters. The Balaban J connectivity index is 1.68. The molecule has 1 atom stereocenters. The van der Waals surface area contributed by atoms with Gasteiger partial charge in [-0.2, -0.15) is 5.26 Å². The van der Waals surface area contributed by atoms with E-state index >= 15 is 0 Å². The second kappa shape index (κ2) is 8.29. The third-order valence-electron chi connectivity index (χ3n) is 6.21. The van der Waals surface area contributed by atoms with Gasteiger partial charge in [-0.1, -0.05) is 42.0 Å². The summed E-state index contributed by atoms with van der Waals surface area (Å²) in [6.07, 6.45) is 0. The summed E-state index contributed by atoms with van der Waals surface area (Å²) in [7, 11) is 0. The molecular formula is C29H19N3O4. The molecule has 0 spiro atoms. The van der Waals surface area contributed by atoms with Gasteiger partial charge < -0.3 is 19.6 Å². The Morgan fingerprint density at radius 3 is 2.61 bits per heavy atom. The number of hydrogen-bond acceptors (Lipinski definition) is 7. The van der Waals surface area contributed by atoms with E-state index in [1.807, 2.05) is 55.5 Å². The number of nitrogens with zero attached hydrogens (tertiary/aromatic N) is 2. The van der Waals surface area contributed by atoms with Crippen LogP contribution in [-0.2, 0) is 0 Å². The highest BCUT2D eigenvalue weighted by Gasteiger charge is 2.37. The predicted octanol–water partition coefficient (Wildman–Crippen LogP) is 5.66. The first kappa shape index (κ1) is 21.4. The van der Waals surface area contributed by atoms with Crippen molar-refractivity contribution >= 4 is 21.9 Å². The van der Waals surface area contributed by atoms with E-state index in [2.05, 4.69) is 6.07 Å². The van der Waals surface area contributed by atoms with Crippen LogP contribution in [0.25, 0.3) is 21.9 Å². The number of nitrogens with two attached hydrogens (primary N) is 1. The van der Waals surface area contributed by atoms with Crippen molar-refractivity contribution in [3.63, 3.8) is 0 Å². The standard InChI is InChI=1S/C29H19N3O4/c1-16-11-12-22-17(13-16)14-20(28(32-22)34-18-7-3-2-4-8-18)24-21(15-30)27(31)36-26-19-9-5-6-10-23(19)35-29(33)25(24)26/h2-14,24H,31H2,1H3. The zero-order valence-corrected chi connectivity index (χ0v) is 19.2. The molecule has 2 aromatic heterocycles.